The van der Waals surface area contributed by atoms with E-state index in [9.17, 15) is 8.78 Å². The van der Waals surface area contributed by atoms with Crippen LogP contribution in [0.5, 0.6) is 11.5 Å². The molecule has 0 aliphatic carbocycles. The highest BCUT2D eigenvalue weighted by atomic mass is 79.9. The first-order valence-electron chi connectivity index (χ1n) is 7.64. The number of halogens is 3. The molecule has 128 valence electrons. The lowest BCUT2D eigenvalue weighted by molar-refractivity contribution is -0.0499. The van der Waals surface area contributed by atoms with E-state index in [1.165, 1.54) is 0 Å². The molecule has 0 N–H and O–H groups in total. The molecule has 0 atom stereocenters. The van der Waals surface area contributed by atoms with Gasteiger partial charge in [-0.3, -0.25) is 0 Å². The zero-order chi connectivity index (χ0) is 17.6. The van der Waals surface area contributed by atoms with Crippen molar-refractivity contribution >= 4 is 15.9 Å². The summed E-state index contributed by atoms with van der Waals surface area (Å²) in [4.78, 5) is 0. The lowest BCUT2D eigenvalue weighted by Crippen LogP contribution is -2.03. The molecule has 0 heterocycles. The third-order valence-corrected chi connectivity index (χ3v) is 4.21. The van der Waals surface area contributed by atoms with E-state index in [0.29, 0.717) is 22.4 Å². The van der Waals surface area contributed by atoms with Crippen molar-refractivity contribution in [1.82, 2.24) is 0 Å². The Hall–Kier alpha value is -2.40. The molecule has 0 saturated carbocycles. The van der Waals surface area contributed by atoms with Crippen molar-refractivity contribution in [2.24, 2.45) is 0 Å². The molecular formula is C20H15BrF2O2. The van der Waals surface area contributed by atoms with Crippen LogP contribution >= 0.6 is 15.9 Å². The molecule has 5 heteroatoms. The van der Waals surface area contributed by atoms with Gasteiger partial charge >= 0.3 is 6.61 Å². The summed E-state index contributed by atoms with van der Waals surface area (Å²) in [5.74, 6) is 0.828. The maximum atomic E-state index is 12.7. The molecule has 0 spiro atoms. The van der Waals surface area contributed by atoms with Gasteiger partial charge in [0.05, 0.1) is 4.47 Å². The molecule has 0 amide bonds. The largest absolute Gasteiger partial charge is 0.489 e. The standard InChI is InChI=1S/C20H15BrF2O2/c21-18-8-4-7-17(19(18)25-20(22)23)15-9-11-16(12-10-15)24-13-14-5-2-1-3-6-14/h1-12,20H,13H2. The van der Waals surface area contributed by atoms with E-state index in [1.807, 2.05) is 54.6 Å². The molecule has 0 bridgehead atoms. The molecule has 3 rings (SSSR count). The third kappa shape index (κ3) is 4.57. The zero-order valence-electron chi connectivity index (χ0n) is 13.2. The average Bonchev–Trinajstić information content (AvgIpc) is 2.63. The number of ether oxygens (including phenoxy) is 2. The van der Waals surface area contributed by atoms with Crippen LogP contribution in [0.2, 0.25) is 0 Å². The fourth-order valence-electron chi connectivity index (χ4n) is 2.42. The lowest BCUT2D eigenvalue weighted by Gasteiger charge is -2.13. The molecular weight excluding hydrogens is 390 g/mol. The van der Waals surface area contributed by atoms with Crippen LogP contribution in [0, 0.1) is 0 Å². The molecule has 3 aromatic rings. The summed E-state index contributed by atoms with van der Waals surface area (Å²) in [5, 5.41) is 0. The number of alkyl halides is 2. The van der Waals surface area contributed by atoms with E-state index in [-0.39, 0.29) is 5.75 Å². The average molecular weight is 405 g/mol. The van der Waals surface area contributed by atoms with Crippen molar-refractivity contribution < 1.29 is 18.3 Å². The van der Waals surface area contributed by atoms with Gasteiger partial charge in [-0.05, 0) is 45.3 Å². The number of hydrogen-bond acceptors (Lipinski definition) is 2. The minimum atomic E-state index is -2.88. The van der Waals surface area contributed by atoms with Gasteiger partial charge in [-0.1, -0.05) is 54.6 Å². The van der Waals surface area contributed by atoms with Gasteiger partial charge in [0.15, 0.2) is 0 Å². The Morgan fingerprint density at radius 3 is 2.24 bits per heavy atom. The fraction of sp³-hybridized carbons (Fsp3) is 0.100. The second-order valence-corrected chi connectivity index (χ2v) is 6.15. The summed E-state index contributed by atoms with van der Waals surface area (Å²) >= 11 is 3.26. The molecule has 3 aromatic carbocycles. The number of benzene rings is 3. The highest BCUT2D eigenvalue weighted by molar-refractivity contribution is 9.10. The highest BCUT2D eigenvalue weighted by Crippen LogP contribution is 2.37. The Labute approximate surface area is 153 Å². The van der Waals surface area contributed by atoms with E-state index in [0.717, 1.165) is 11.1 Å². The Balaban J connectivity index is 1.77. The molecule has 25 heavy (non-hydrogen) atoms. The topological polar surface area (TPSA) is 18.5 Å². The molecule has 2 nitrogen and oxygen atoms in total. The normalized spacial score (nSPS) is 10.7. The predicted octanol–water partition coefficient (Wildman–Crippen LogP) is 6.30. The zero-order valence-corrected chi connectivity index (χ0v) is 14.7. The van der Waals surface area contributed by atoms with Gasteiger partial charge in [-0.25, -0.2) is 0 Å². The Kier molecular flexibility index (Phi) is 5.66. The predicted molar refractivity (Wildman–Crippen MR) is 97.0 cm³/mol. The molecule has 0 unspecified atom stereocenters. The quantitative estimate of drug-likeness (QED) is 0.480. The molecule has 0 radical (unpaired) electrons. The summed E-state index contributed by atoms with van der Waals surface area (Å²) < 4.78 is 36.2. The maximum Gasteiger partial charge on any atom is 0.387 e. The number of hydrogen-bond donors (Lipinski definition) is 0. The van der Waals surface area contributed by atoms with E-state index in [1.54, 1.807) is 18.2 Å². The summed E-state index contributed by atoms with van der Waals surface area (Å²) in [6, 6.07) is 22.3. The summed E-state index contributed by atoms with van der Waals surface area (Å²) in [6.07, 6.45) is 0. The van der Waals surface area contributed by atoms with Gasteiger partial charge in [0.25, 0.3) is 0 Å². The van der Waals surface area contributed by atoms with E-state index in [4.69, 9.17) is 4.74 Å². The molecule has 0 saturated heterocycles. The summed E-state index contributed by atoms with van der Waals surface area (Å²) in [6.45, 7) is -2.41. The van der Waals surface area contributed by atoms with Gasteiger partial charge in [-0.2, -0.15) is 8.78 Å². The number of rotatable bonds is 6. The Morgan fingerprint density at radius 1 is 0.840 bits per heavy atom. The third-order valence-electron chi connectivity index (χ3n) is 3.59. The van der Waals surface area contributed by atoms with Gasteiger partial charge in [-0.15, -0.1) is 0 Å². The van der Waals surface area contributed by atoms with Gasteiger partial charge in [0.1, 0.15) is 18.1 Å². The van der Waals surface area contributed by atoms with Crippen LogP contribution < -0.4 is 9.47 Å². The minimum Gasteiger partial charge on any atom is -0.489 e. The first kappa shape index (κ1) is 17.4. The SMILES string of the molecule is FC(F)Oc1c(Br)cccc1-c1ccc(OCc2ccccc2)cc1. The van der Waals surface area contributed by atoms with Crippen LogP contribution in [0.1, 0.15) is 5.56 Å². The molecule has 0 aliphatic rings. The first-order chi connectivity index (χ1) is 12.1. The second-order valence-electron chi connectivity index (χ2n) is 5.29. The maximum absolute atomic E-state index is 12.7. The van der Waals surface area contributed by atoms with E-state index in [2.05, 4.69) is 20.7 Å². The lowest BCUT2D eigenvalue weighted by atomic mass is 10.0. The van der Waals surface area contributed by atoms with Crippen LogP contribution in [0.25, 0.3) is 11.1 Å². The second kappa shape index (κ2) is 8.12. The van der Waals surface area contributed by atoms with Crippen molar-refractivity contribution in [1.29, 1.82) is 0 Å². The summed E-state index contributed by atoms with van der Waals surface area (Å²) in [5.41, 5.74) is 2.43. The van der Waals surface area contributed by atoms with Crippen LogP contribution in [-0.2, 0) is 6.61 Å². The number of para-hydroxylation sites is 1. The van der Waals surface area contributed by atoms with Crippen molar-refractivity contribution in [2.45, 2.75) is 13.2 Å². The highest BCUT2D eigenvalue weighted by Gasteiger charge is 2.14. The van der Waals surface area contributed by atoms with Crippen molar-refractivity contribution in [3.05, 3.63) is 82.8 Å². The Morgan fingerprint density at radius 2 is 1.56 bits per heavy atom. The Bertz CT molecular complexity index is 821. The summed E-state index contributed by atoms with van der Waals surface area (Å²) in [7, 11) is 0. The van der Waals surface area contributed by atoms with Crippen LogP contribution in [0.4, 0.5) is 8.78 Å². The molecule has 0 fully saturated rings. The molecule has 0 aliphatic heterocycles. The van der Waals surface area contributed by atoms with Gasteiger partial charge < -0.3 is 9.47 Å². The van der Waals surface area contributed by atoms with Crippen LogP contribution in [-0.4, -0.2) is 6.61 Å². The smallest absolute Gasteiger partial charge is 0.387 e. The van der Waals surface area contributed by atoms with Crippen LogP contribution in [0.15, 0.2) is 77.3 Å². The van der Waals surface area contributed by atoms with Crippen molar-refractivity contribution in [2.75, 3.05) is 0 Å². The fourth-order valence-corrected chi connectivity index (χ4v) is 2.88. The minimum absolute atomic E-state index is 0.121. The van der Waals surface area contributed by atoms with Crippen molar-refractivity contribution in [3.8, 4) is 22.6 Å². The van der Waals surface area contributed by atoms with E-state index < -0.39 is 6.61 Å². The molecule has 0 aromatic heterocycles. The van der Waals surface area contributed by atoms with E-state index >= 15 is 0 Å². The van der Waals surface area contributed by atoms with Gasteiger partial charge in [0.2, 0.25) is 0 Å². The van der Waals surface area contributed by atoms with Crippen LogP contribution in [0.3, 0.4) is 0 Å². The first-order valence-corrected chi connectivity index (χ1v) is 8.43. The monoisotopic (exact) mass is 404 g/mol. The van der Waals surface area contributed by atoms with Crippen molar-refractivity contribution in [3.63, 3.8) is 0 Å². The van der Waals surface area contributed by atoms with Gasteiger partial charge in [0, 0.05) is 5.56 Å².